The van der Waals surface area contributed by atoms with Crippen molar-refractivity contribution < 1.29 is 13.2 Å². The van der Waals surface area contributed by atoms with Gasteiger partial charge in [-0.05, 0) is 48.7 Å². The van der Waals surface area contributed by atoms with Crippen molar-refractivity contribution in [3.63, 3.8) is 0 Å². The molecule has 116 valence electrons. The van der Waals surface area contributed by atoms with Crippen LogP contribution >= 0.6 is 0 Å². The van der Waals surface area contributed by atoms with Crippen LogP contribution in [-0.4, -0.2) is 21.6 Å². The summed E-state index contributed by atoms with van der Waals surface area (Å²) >= 11 is 0. The maximum atomic E-state index is 12.9. The number of rotatable bonds is 3. The van der Waals surface area contributed by atoms with Crippen LogP contribution < -0.4 is 9.04 Å². The van der Waals surface area contributed by atoms with Crippen LogP contribution in [-0.2, 0) is 16.4 Å². The van der Waals surface area contributed by atoms with Crippen molar-refractivity contribution in [3.05, 3.63) is 53.6 Å². The fourth-order valence-electron chi connectivity index (χ4n) is 2.58. The zero-order valence-electron chi connectivity index (χ0n) is 12.7. The minimum Gasteiger partial charge on any atom is -0.489 e. The highest BCUT2D eigenvalue weighted by Gasteiger charge is 2.30. The summed E-state index contributed by atoms with van der Waals surface area (Å²) in [6.07, 6.45) is 0.889. The molecule has 0 amide bonds. The molecule has 0 radical (unpaired) electrons. The number of anilines is 1. The Morgan fingerprint density at radius 2 is 1.86 bits per heavy atom. The second kappa shape index (κ2) is 5.65. The van der Waals surface area contributed by atoms with Crippen molar-refractivity contribution >= 4 is 15.7 Å². The van der Waals surface area contributed by atoms with Gasteiger partial charge >= 0.3 is 0 Å². The van der Waals surface area contributed by atoms with Crippen LogP contribution in [0.2, 0.25) is 0 Å². The lowest BCUT2D eigenvalue weighted by atomic mass is 10.2. The SMILES string of the molecule is CCc1ccc(S(=O)(=O)N2CCOc3ccc(C)cc32)cc1. The monoisotopic (exact) mass is 317 g/mol. The fraction of sp³-hybridized carbons (Fsp3) is 0.294. The molecular formula is C17H19NO3S. The van der Waals surface area contributed by atoms with E-state index in [-0.39, 0.29) is 0 Å². The van der Waals surface area contributed by atoms with Gasteiger partial charge in [0.05, 0.1) is 17.1 Å². The smallest absolute Gasteiger partial charge is 0.264 e. The van der Waals surface area contributed by atoms with E-state index < -0.39 is 10.0 Å². The van der Waals surface area contributed by atoms with E-state index in [1.54, 1.807) is 12.1 Å². The van der Waals surface area contributed by atoms with Gasteiger partial charge in [0.1, 0.15) is 12.4 Å². The van der Waals surface area contributed by atoms with Gasteiger partial charge in [0, 0.05) is 0 Å². The molecule has 0 saturated heterocycles. The Balaban J connectivity index is 2.05. The molecule has 1 heterocycles. The standard InChI is InChI=1S/C17H19NO3S/c1-3-14-5-7-15(8-6-14)22(19,20)18-10-11-21-17-9-4-13(2)12-16(17)18/h4-9,12H,3,10-11H2,1-2H3. The Morgan fingerprint density at radius 1 is 1.14 bits per heavy atom. The van der Waals surface area contributed by atoms with Gasteiger partial charge in [-0.1, -0.05) is 25.1 Å². The molecule has 0 spiro atoms. The largest absolute Gasteiger partial charge is 0.489 e. The summed E-state index contributed by atoms with van der Waals surface area (Å²) in [6, 6.07) is 12.7. The molecule has 1 aliphatic heterocycles. The molecule has 0 unspecified atom stereocenters. The Kier molecular flexibility index (Phi) is 3.83. The van der Waals surface area contributed by atoms with E-state index in [0.29, 0.717) is 29.5 Å². The molecule has 0 saturated carbocycles. The molecule has 0 atom stereocenters. The van der Waals surface area contributed by atoms with Gasteiger partial charge < -0.3 is 4.74 Å². The predicted octanol–water partition coefficient (Wildman–Crippen LogP) is 3.15. The number of nitrogens with zero attached hydrogens (tertiary/aromatic N) is 1. The van der Waals surface area contributed by atoms with Crippen molar-refractivity contribution in [3.8, 4) is 5.75 Å². The first kappa shape index (κ1) is 14.9. The summed E-state index contributed by atoms with van der Waals surface area (Å²) in [7, 11) is -3.56. The number of ether oxygens (including phenoxy) is 1. The van der Waals surface area contributed by atoms with E-state index in [1.165, 1.54) is 4.31 Å². The first-order chi connectivity index (χ1) is 10.5. The third kappa shape index (κ3) is 2.57. The number of aryl methyl sites for hydroxylation is 2. The molecule has 0 fully saturated rings. The lowest BCUT2D eigenvalue weighted by Crippen LogP contribution is -2.37. The molecule has 5 heteroatoms. The molecule has 0 aromatic heterocycles. The molecule has 2 aromatic carbocycles. The minimum atomic E-state index is -3.56. The lowest BCUT2D eigenvalue weighted by Gasteiger charge is -2.30. The molecule has 22 heavy (non-hydrogen) atoms. The molecule has 4 nitrogen and oxygen atoms in total. The van der Waals surface area contributed by atoms with E-state index in [9.17, 15) is 8.42 Å². The van der Waals surface area contributed by atoms with Crippen molar-refractivity contribution in [2.75, 3.05) is 17.5 Å². The van der Waals surface area contributed by atoms with E-state index in [4.69, 9.17) is 4.74 Å². The fourth-order valence-corrected chi connectivity index (χ4v) is 4.03. The third-order valence-electron chi connectivity index (χ3n) is 3.85. The van der Waals surface area contributed by atoms with Crippen LogP contribution in [0.15, 0.2) is 47.4 Å². The van der Waals surface area contributed by atoms with Gasteiger partial charge in [0.15, 0.2) is 0 Å². The van der Waals surface area contributed by atoms with Crippen LogP contribution in [0.3, 0.4) is 0 Å². The first-order valence-corrected chi connectivity index (χ1v) is 8.81. The molecule has 0 aliphatic carbocycles. The quantitative estimate of drug-likeness (QED) is 0.873. The van der Waals surface area contributed by atoms with Crippen LogP contribution in [0.5, 0.6) is 5.75 Å². The van der Waals surface area contributed by atoms with E-state index in [2.05, 4.69) is 0 Å². The maximum Gasteiger partial charge on any atom is 0.264 e. The van der Waals surface area contributed by atoms with Crippen molar-refractivity contribution in [1.29, 1.82) is 0 Å². The van der Waals surface area contributed by atoms with Crippen LogP contribution in [0.1, 0.15) is 18.1 Å². The van der Waals surface area contributed by atoms with Gasteiger partial charge in [-0.2, -0.15) is 0 Å². The average molecular weight is 317 g/mol. The van der Waals surface area contributed by atoms with Gasteiger partial charge in [0.2, 0.25) is 0 Å². The van der Waals surface area contributed by atoms with Crippen LogP contribution in [0.4, 0.5) is 5.69 Å². The number of sulfonamides is 1. The van der Waals surface area contributed by atoms with Crippen LogP contribution in [0, 0.1) is 6.92 Å². The number of hydrogen-bond acceptors (Lipinski definition) is 3. The normalized spacial score (nSPS) is 14.4. The van der Waals surface area contributed by atoms with E-state index in [0.717, 1.165) is 17.5 Å². The van der Waals surface area contributed by atoms with Gasteiger partial charge in [-0.3, -0.25) is 4.31 Å². The second-order valence-electron chi connectivity index (χ2n) is 5.39. The molecular weight excluding hydrogens is 298 g/mol. The highest BCUT2D eigenvalue weighted by atomic mass is 32.2. The summed E-state index contributed by atoms with van der Waals surface area (Å²) in [4.78, 5) is 0.319. The third-order valence-corrected chi connectivity index (χ3v) is 5.68. The van der Waals surface area contributed by atoms with Crippen molar-refractivity contribution in [1.82, 2.24) is 0 Å². The van der Waals surface area contributed by atoms with Gasteiger partial charge in [-0.15, -0.1) is 0 Å². The Morgan fingerprint density at radius 3 is 2.55 bits per heavy atom. The molecule has 1 aliphatic rings. The predicted molar refractivity (Wildman–Crippen MR) is 87.0 cm³/mol. The average Bonchev–Trinajstić information content (AvgIpc) is 2.54. The van der Waals surface area contributed by atoms with Crippen molar-refractivity contribution in [2.45, 2.75) is 25.2 Å². The Bertz CT molecular complexity index is 782. The molecule has 3 rings (SSSR count). The summed E-state index contributed by atoms with van der Waals surface area (Å²) in [5.74, 6) is 0.616. The van der Waals surface area contributed by atoms with Crippen LogP contribution in [0.25, 0.3) is 0 Å². The second-order valence-corrected chi connectivity index (χ2v) is 7.26. The Labute approximate surface area is 131 Å². The maximum absolute atomic E-state index is 12.9. The van der Waals surface area contributed by atoms with Gasteiger partial charge in [-0.25, -0.2) is 8.42 Å². The Hall–Kier alpha value is -2.01. The summed E-state index contributed by atoms with van der Waals surface area (Å²) in [5, 5.41) is 0. The van der Waals surface area contributed by atoms with Crippen molar-refractivity contribution in [2.24, 2.45) is 0 Å². The zero-order chi connectivity index (χ0) is 15.7. The minimum absolute atomic E-state index is 0.319. The number of hydrogen-bond donors (Lipinski definition) is 0. The number of benzene rings is 2. The summed E-state index contributed by atoms with van der Waals surface area (Å²) in [6.45, 7) is 4.68. The highest BCUT2D eigenvalue weighted by Crippen LogP contribution is 2.35. The summed E-state index contributed by atoms with van der Waals surface area (Å²) in [5.41, 5.74) is 2.74. The van der Waals surface area contributed by atoms with E-state index >= 15 is 0 Å². The lowest BCUT2D eigenvalue weighted by molar-refractivity contribution is 0.315. The molecule has 2 aromatic rings. The number of fused-ring (bicyclic) bond motifs is 1. The van der Waals surface area contributed by atoms with E-state index in [1.807, 2.05) is 44.2 Å². The highest BCUT2D eigenvalue weighted by molar-refractivity contribution is 7.92. The summed E-state index contributed by atoms with van der Waals surface area (Å²) < 4.78 is 32.9. The topological polar surface area (TPSA) is 46.6 Å². The van der Waals surface area contributed by atoms with Gasteiger partial charge in [0.25, 0.3) is 10.0 Å². The molecule has 0 N–H and O–H groups in total. The first-order valence-electron chi connectivity index (χ1n) is 7.37. The zero-order valence-corrected chi connectivity index (χ0v) is 13.6. The molecule has 0 bridgehead atoms.